The lowest BCUT2D eigenvalue weighted by Gasteiger charge is -2.08. The van der Waals surface area contributed by atoms with E-state index in [0.717, 1.165) is 37.1 Å². The highest BCUT2D eigenvalue weighted by atomic mass is 19.1. The first-order valence-electron chi connectivity index (χ1n) is 6.76. The maximum absolute atomic E-state index is 13.1. The van der Waals surface area contributed by atoms with Crippen LogP contribution in [0.2, 0.25) is 0 Å². The van der Waals surface area contributed by atoms with E-state index < -0.39 is 0 Å². The molecule has 0 unspecified atom stereocenters. The molecule has 0 aliphatic heterocycles. The first-order chi connectivity index (χ1) is 9.24. The summed E-state index contributed by atoms with van der Waals surface area (Å²) in [7, 11) is 1.67. The van der Waals surface area contributed by atoms with Crippen LogP contribution in [0.4, 0.5) is 4.39 Å². The molecule has 0 fully saturated rings. The molecule has 1 aromatic rings. The molecule has 0 saturated heterocycles. The zero-order valence-corrected chi connectivity index (χ0v) is 11.9. The number of aryl methyl sites for hydroxylation is 1. The van der Waals surface area contributed by atoms with Gasteiger partial charge in [0.25, 0.3) is 0 Å². The van der Waals surface area contributed by atoms with E-state index in [-0.39, 0.29) is 5.82 Å². The van der Waals surface area contributed by atoms with E-state index in [1.807, 2.05) is 13.0 Å². The van der Waals surface area contributed by atoms with Gasteiger partial charge in [0.2, 0.25) is 0 Å². The Morgan fingerprint density at radius 1 is 1.16 bits per heavy atom. The van der Waals surface area contributed by atoms with Crippen molar-refractivity contribution in [2.45, 2.75) is 26.3 Å². The highest BCUT2D eigenvalue weighted by Crippen LogP contribution is 2.09. The number of ether oxygens (including phenoxy) is 2. The topological polar surface area (TPSA) is 30.5 Å². The van der Waals surface area contributed by atoms with Crippen LogP contribution < -0.4 is 5.32 Å². The van der Waals surface area contributed by atoms with Crippen molar-refractivity contribution in [1.82, 2.24) is 5.32 Å². The number of benzene rings is 1. The van der Waals surface area contributed by atoms with Crippen LogP contribution in [0.25, 0.3) is 0 Å². The highest BCUT2D eigenvalue weighted by Gasteiger charge is 1.99. The van der Waals surface area contributed by atoms with Crippen LogP contribution in [-0.2, 0) is 16.0 Å². The van der Waals surface area contributed by atoms with Gasteiger partial charge in [-0.05, 0) is 49.6 Å². The molecule has 0 spiro atoms. The molecule has 1 aromatic carbocycles. The van der Waals surface area contributed by atoms with E-state index in [1.165, 1.54) is 6.07 Å². The number of rotatable bonds is 10. The van der Waals surface area contributed by atoms with Gasteiger partial charge in [-0.25, -0.2) is 4.39 Å². The average Bonchev–Trinajstić information content (AvgIpc) is 2.40. The lowest BCUT2D eigenvalue weighted by molar-refractivity contribution is 0.0688. The molecule has 4 heteroatoms. The van der Waals surface area contributed by atoms with Gasteiger partial charge >= 0.3 is 0 Å². The predicted octanol–water partition coefficient (Wildman–Crippen LogP) is 2.67. The normalized spacial score (nSPS) is 10.9. The van der Waals surface area contributed by atoms with E-state index in [4.69, 9.17) is 9.47 Å². The first kappa shape index (κ1) is 16.1. The standard InChI is InChI=1S/C15H24FNO2/c1-13-5-6-15(16)11-14(13)12-17-7-3-4-8-19-10-9-18-2/h5-6,11,17H,3-4,7-10,12H2,1-2H3. The van der Waals surface area contributed by atoms with Crippen molar-refractivity contribution in [3.8, 4) is 0 Å². The smallest absolute Gasteiger partial charge is 0.123 e. The summed E-state index contributed by atoms with van der Waals surface area (Å²) in [6.07, 6.45) is 2.08. The van der Waals surface area contributed by atoms with Crippen LogP contribution in [0.1, 0.15) is 24.0 Å². The van der Waals surface area contributed by atoms with Crippen molar-refractivity contribution in [2.24, 2.45) is 0 Å². The van der Waals surface area contributed by atoms with Gasteiger partial charge in [0, 0.05) is 20.3 Å². The van der Waals surface area contributed by atoms with E-state index in [2.05, 4.69) is 5.32 Å². The second kappa shape index (κ2) is 9.89. The lowest BCUT2D eigenvalue weighted by Crippen LogP contribution is -2.16. The largest absolute Gasteiger partial charge is 0.382 e. The quantitative estimate of drug-likeness (QED) is 0.662. The Kier molecular flexibility index (Phi) is 8.38. The lowest BCUT2D eigenvalue weighted by atomic mass is 10.1. The van der Waals surface area contributed by atoms with Gasteiger partial charge in [-0.15, -0.1) is 0 Å². The summed E-state index contributed by atoms with van der Waals surface area (Å²) in [4.78, 5) is 0. The Morgan fingerprint density at radius 2 is 2.00 bits per heavy atom. The maximum Gasteiger partial charge on any atom is 0.123 e. The number of hydrogen-bond acceptors (Lipinski definition) is 3. The molecule has 19 heavy (non-hydrogen) atoms. The third-order valence-electron chi connectivity index (χ3n) is 2.95. The second-order valence-corrected chi connectivity index (χ2v) is 4.56. The van der Waals surface area contributed by atoms with Gasteiger partial charge in [0.1, 0.15) is 5.82 Å². The van der Waals surface area contributed by atoms with Crippen LogP contribution in [0.15, 0.2) is 18.2 Å². The Balaban J connectivity index is 2.03. The molecule has 0 aliphatic rings. The molecule has 1 rings (SSSR count). The predicted molar refractivity (Wildman–Crippen MR) is 74.8 cm³/mol. The number of hydrogen-bond donors (Lipinski definition) is 1. The molecule has 3 nitrogen and oxygen atoms in total. The zero-order chi connectivity index (χ0) is 13.9. The van der Waals surface area contributed by atoms with Crippen molar-refractivity contribution in [2.75, 3.05) is 33.5 Å². The molecule has 108 valence electrons. The summed E-state index contributed by atoms with van der Waals surface area (Å²) < 4.78 is 23.3. The van der Waals surface area contributed by atoms with Crippen LogP contribution in [0.3, 0.4) is 0 Å². The average molecular weight is 269 g/mol. The SMILES string of the molecule is COCCOCCCCNCc1cc(F)ccc1C. The van der Waals surface area contributed by atoms with Crippen LogP contribution in [0, 0.1) is 12.7 Å². The molecule has 0 aliphatic carbocycles. The Morgan fingerprint density at radius 3 is 2.79 bits per heavy atom. The van der Waals surface area contributed by atoms with Crippen LogP contribution in [0.5, 0.6) is 0 Å². The van der Waals surface area contributed by atoms with Crippen molar-refractivity contribution in [1.29, 1.82) is 0 Å². The molecule has 0 amide bonds. The molecule has 0 radical (unpaired) electrons. The van der Waals surface area contributed by atoms with Crippen molar-refractivity contribution >= 4 is 0 Å². The van der Waals surface area contributed by atoms with Crippen LogP contribution in [-0.4, -0.2) is 33.5 Å². The molecule has 1 N–H and O–H groups in total. The maximum atomic E-state index is 13.1. The molecule has 0 heterocycles. The van der Waals surface area contributed by atoms with E-state index in [1.54, 1.807) is 13.2 Å². The summed E-state index contributed by atoms with van der Waals surface area (Å²) in [6, 6.07) is 4.91. The van der Waals surface area contributed by atoms with Gasteiger partial charge in [-0.1, -0.05) is 6.07 Å². The van der Waals surface area contributed by atoms with Crippen molar-refractivity contribution < 1.29 is 13.9 Å². The summed E-state index contributed by atoms with van der Waals surface area (Å²) in [5, 5.41) is 3.32. The van der Waals surface area contributed by atoms with E-state index in [9.17, 15) is 4.39 Å². The van der Waals surface area contributed by atoms with Crippen LogP contribution >= 0.6 is 0 Å². The molecule has 0 atom stereocenters. The second-order valence-electron chi connectivity index (χ2n) is 4.56. The fourth-order valence-corrected chi connectivity index (χ4v) is 1.75. The molecule has 0 aromatic heterocycles. The van der Waals surface area contributed by atoms with E-state index >= 15 is 0 Å². The number of halogens is 1. The van der Waals surface area contributed by atoms with Gasteiger partial charge in [-0.2, -0.15) is 0 Å². The minimum atomic E-state index is -0.172. The van der Waals surface area contributed by atoms with Gasteiger partial charge in [0.05, 0.1) is 13.2 Å². The number of methoxy groups -OCH3 is 1. The third-order valence-corrected chi connectivity index (χ3v) is 2.95. The van der Waals surface area contributed by atoms with E-state index in [0.29, 0.717) is 19.8 Å². The fraction of sp³-hybridized carbons (Fsp3) is 0.600. The molecular formula is C15H24FNO2. The summed E-state index contributed by atoms with van der Waals surface area (Å²) >= 11 is 0. The van der Waals surface area contributed by atoms with Crippen molar-refractivity contribution in [3.63, 3.8) is 0 Å². The number of unbranched alkanes of at least 4 members (excludes halogenated alkanes) is 1. The Labute approximate surface area is 115 Å². The monoisotopic (exact) mass is 269 g/mol. The number of nitrogens with one attached hydrogen (secondary N) is 1. The fourth-order valence-electron chi connectivity index (χ4n) is 1.75. The Bertz CT molecular complexity index is 358. The molecule has 0 saturated carbocycles. The zero-order valence-electron chi connectivity index (χ0n) is 11.9. The summed E-state index contributed by atoms with van der Waals surface area (Å²) in [6.45, 7) is 5.71. The van der Waals surface area contributed by atoms with Gasteiger partial charge in [-0.3, -0.25) is 0 Å². The van der Waals surface area contributed by atoms with Crippen molar-refractivity contribution in [3.05, 3.63) is 35.1 Å². The van der Waals surface area contributed by atoms with Gasteiger partial charge < -0.3 is 14.8 Å². The van der Waals surface area contributed by atoms with Gasteiger partial charge in [0.15, 0.2) is 0 Å². The Hall–Kier alpha value is -0.970. The molecular weight excluding hydrogens is 245 g/mol. The minimum Gasteiger partial charge on any atom is -0.382 e. The summed E-state index contributed by atoms with van der Waals surface area (Å²) in [5.74, 6) is -0.172. The first-order valence-corrected chi connectivity index (χ1v) is 6.76. The minimum absolute atomic E-state index is 0.172. The highest BCUT2D eigenvalue weighted by molar-refractivity contribution is 5.26. The molecule has 0 bridgehead atoms. The summed E-state index contributed by atoms with van der Waals surface area (Å²) in [5.41, 5.74) is 2.15. The third kappa shape index (κ3) is 7.25.